The zero-order chi connectivity index (χ0) is 24.8. The van der Waals surface area contributed by atoms with Crippen molar-refractivity contribution < 1.29 is 14.6 Å². The minimum Gasteiger partial charge on any atom is -0.393 e. The van der Waals surface area contributed by atoms with Crippen molar-refractivity contribution in [2.24, 2.45) is 17.3 Å². The van der Waals surface area contributed by atoms with E-state index < -0.39 is 11.3 Å². The highest BCUT2D eigenvalue weighted by atomic mass is 19.1. The van der Waals surface area contributed by atoms with E-state index in [4.69, 9.17) is 0 Å². The van der Waals surface area contributed by atoms with Gasteiger partial charge in [-0.3, -0.25) is 0 Å². The van der Waals surface area contributed by atoms with E-state index in [1.165, 1.54) is 5.57 Å². The first-order chi connectivity index (χ1) is 16.7. The zero-order valence-electron chi connectivity index (χ0n) is 21.1. The minimum absolute atomic E-state index is 0.159. The van der Waals surface area contributed by atoms with Crippen molar-refractivity contribution in [1.29, 1.82) is 0 Å². The number of alkyl halides is 1. The Morgan fingerprint density at radius 3 is 2.71 bits per heavy atom. The standard InChI is InChI=1S/C27H31FN2O2.C2H7N/c1-25-10-11-26(28)14-19-13-21(31)4-2-17(19)8-9-27(26,32)24(25)7-5-22(25)18-3-6-23-20(12-18)15-29-16-30-23;1-3-2/h3,5-6,12,14-17,21,24,31-32H,2,4,7-11,13H2,1H3;3H,1-2H3/t17?,21?,24?,25?,26?,27-;/m0./s1. The number of hydrogen-bond acceptors (Lipinski definition) is 5. The van der Waals surface area contributed by atoms with E-state index in [0.717, 1.165) is 41.3 Å². The molecular formula is C29H38FN3O2. The molecule has 1 aromatic heterocycles. The molecule has 0 bridgehead atoms. The molecule has 4 aliphatic rings. The van der Waals surface area contributed by atoms with Gasteiger partial charge in [0.2, 0.25) is 0 Å². The van der Waals surface area contributed by atoms with Crippen LogP contribution in [-0.2, 0) is 0 Å². The van der Waals surface area contributed by atoms with Crippen LogP contribution in [0.4, 0.5) is 4.39 Å². The molecular weight excluding hydrogens is 441 g/mol. The van der Waals surface area contributed by atoms with Crippen molar-refractivity contribution in [2.75, 3.05) is 14.1 Å². The maximum absolute atomic E-state index is 16.7. The van der Waals surface area contributed by atoms with E-state index in [2.05, 4.69) is 40.4 Å². The smallest absolute Gasteiger partial charge is 0.158 e. The van der Waals surface area contributed by atoms with E-state index in [1.54, 1.807) is 12.4 Å². The summed E-state index contributed by atoms with van der Waals surface area (Å²) in [6, 6.07) is 6.25. The molecule has 5 unspecified atom stereocenters. The monoisotopic (exact) mass is 479 g/mol. The summed E-state index contributed by atoms with van der Waals surface area (Å²) < 4.78 is 16.7. The summed E-state index contributed by atoms with van der Waals surface area (Å²) in [6.07, 6.45) is 12.2. The molecule has 0 amide bonds. The second-order valence-corrected chi connectivity index (χ2v) is 11.3. The lowest BCUT2D eigenvalue weighted by Crippen LogP contribution is -2.61. The molecule has 0 aliphatic heterocycles. The van der Waals surface area contributed by atoms with E-state index in [9.17, 15) is 10.2 Å². The number of allylic oxidation sites excluding steroid dienone is 2. The number of halogens is 1. The number of nitrogens with zero attached hydrogens (tertiary/aromatic N) is 2. The van der Waals surface area contributed by atoms with Gasteiger partial charge in [0.1, 0.15) is 11.9 Å². The predicted molar refractivity (Wildman–Crippen MR) is 137 cm³/mol. The molecule has 0 radical (unpaired) electrons. The van der Waals surface area contributed by atoms with E-state index in [1.807, 2.05) is 26.4 Å². The van der Waals surface area contributed by atoms with Crippen LogP contribution < -0.4 is 5.32 Å². The fourth-order valence-electron chi connectivity index (χ4n) is 7.39. The quantitative estimate of drug-likeness (QED) is 0.503. The van der Waals surface area contributed by atoms with Crippen molar-refractivity contribution in [2.45, 2.75) is 75.7 Å². The molecule has 6 heteroatoms. The number of nitrogens with one attached hydrogen (secondary N) is 1. The summed E-state index contributed by atoms with van der Waals surface area (Å²) in [6.45, 7) is 2.22. The molecule has 0 spiro atoms. The molecule has 6 atom stereocenters. The van der Waals surface area contributed by atoms with Crippen LogP contribution in [-0.4, -0.2) is 51.7 Å². The third-order valence-electron chi connectivity index (χ3n) is 9.19. The SMILES string of the molecule is CC12CCC3(F)C=C4CC(O)CCC4CC[C@]3(O)C1CC=C2c1ccc2ncncc2c1.CNC. The van der Waals surface area contributed by atoms with Crippen LogP contribution in [0.5, 0.6) is 0 Å². The summed E-state index contributed by atoms with van der Waals surface area (Å²) in [5, 5.41) is 26.0. The number of aliphatic hydroxyl groups excluding tert-OH is 1. The Balaban J connectivity index is 0.000000806. The Labute approximate surface area is 207 Å². The van der Waals surface area contributed by atoms with Crippen molar-refractivity contribution in [3.05, 3.63) is 54.0 Å². The molecule has 4 aliphatic carbocycles. The van der Waals surface area contributed by atoms with E-state index in [0.29, 0.717) is 38.0 Å². The van der Waals surface area contributed by atoms with Crippen LogP contribution in [0.25, 0.3) is 16.5 Å². The van der Waals surface area contributed by atoms with Crippen LogP contribution in [0.1, 0.15) is 63.9 Å². The fraction of sp³-hybridized carbons (Fsp3) is 0.586. The van der Waals surface area contributed by atoms with Gasteiger partial charge in [0.05, 0.1) is 11.6 Å². The summed E-state index contributed by atoms with van der Waals surface area (Å²) in [5.41, 5.74) is 0.901. The topological polar surface area (TPSA) is 78.3 Å². The van der Waals surface area contributed by atoms with Gasteiger partial charge >= 0.3 is 0 Å². The van der Waals surface area contributed by atoms with Crippen LogP contribution in [0, 0.1) is 17.3 Å². The van der Waals surface area contributed by atoms with Gasteiger partial charge in [-0.2, -0.15) is 0 Å². The van der Waals surface area contributed by atoms with Crippen LogP contribution in [0.3, 0.4) is 0 Å². The summed E-state index contributed by atoms with van der Waals surface area (Å²) in [5.74, 6) is 0.134. The number of fused-ring (bicyclic) bond motifs is 5. The minimum atomic E-state index is -1.72. The summed E-state index contributed by atoms with van der Waals surface area (Å²) in [7, 11) is 3.75. The van der Waals surface area contributed by atoms with Gasteiger partial charge in [0.25, 0.3) is 0 Å². The predicted octanol–water partition coefficient (Wildman–Crippen LogP) is 4.99. The molecule has 2 aromatic rings. The van der Waals surface area contributed by atoms with Crippen LogP contribution in [0.2, 0.25) is 0 Å². The molecule has 0 saturated heterocycles. The number of benzene rings is 1. The highest BCUT2D eigenvalue weighted by Crippen LogP contribution is 2.65. The molecule has 1 heterocycles. The number of rotatable bonds is 1. The molecule has 5 nitrogen and oxygen atoms in total. The second kappa shape index (κ2) is 9.06. The van der Waals surface area contributed by atoms with Gasteiger partial charge in [0.15, 0.2) is 5.67 Å². The Bertz CT molecular complexity index is 1170. The molecule has 6 rings (SSSR count). The Morgan fingerprint density at radius 1 is 1.11 bits per heavy atom. The molecule has 1 aromatic carbocycles. The fourth-order valence-corrected chi connectivity index (χ4v) is 7.39. The molecule has 2 fully saturated rings. The lowest BCUT2D eigenvalue weighted by molar-refractivity contribution is -0.172. The van der Waals surface area contributed by atoms with Crippen molar-refractivity contribution in [1.82, 2.24) is 15.3 Å². The second-order valence-electron chi connectivity index (χ2n) is 11.3. The number of aliphatic hydroxyl groups is 2. The highest BCUT2D eigenvalue weighted by molar-refractivity contribution is 5.84. The van der Waals surface area contributed by atoms with Gasteiger partial charge < -0.3 is 15.5 Å². The van der Waals surface area contributed by atoms with Gasteiger partial charge in [-0.15, -0.1) is 0 Å². The van der Waals surface area contributed by atoms with Crippen molar-refractivity contribution >= 4 is 16.5 Å². The largest absolute Gasteiger partial charge is 0.393 e. The first kappa shape index (κ1) is 24.5. The third-order valence-corrected chi connectivity index (χ3v) is 9.19. The lowest BCUT2D eigenvalue weighted by atomic mass is 9.53. The van der Waals surface area contributed by atoms with Crippen molar-refractivity contribution in [3.8, 4) is 0 Å². The normalized spacial score (nSPS) is 38.2. The van der Waals surface area contributed by atoms with E-state index >= 15 is 4.39 Å². The van der Waals surface area contributed by atoms with Crippen LogP contribution >= 0.6 is 0 Å². The molecule has 3 N–H and O–H groups in total. The van der Waals surface area contributed by atoms with Gasteiger partial charge in [-0.25, -0.2) is 14.4 Å². The average molecular weight is 480 g/mol. The highest BCUT2D eigenvalue weighted by Gasteiger charge is 2.65. The lowest BCUT2D eigenvalue weighted by Gasteiger charge is -2.55. The number of aromatic nitrogens is 2. The summed E-state index contributed by atoms with van der Waals surface area (Å²) >= 11 is 0. The summed E-state index contributed by atoms with van der Waals surface area (Å²) in [4.78, 5) is 8.49. The first-order valence-electron chi connectivity index (χ1n) is 13.0. The maximum Gasteiger partial charge on any atom is 0.158 e. The van der Waals surface area contributed by atoms with Gasteiger partial charge in [-0.1, -0.05) is 24.6 Å². The average Bonchev–Trinajstić information content (AvgIpc) is 3.14. The van der Waals surface area contributed by atoms with Gasteiger partial charge in [-0.05, 0) is 106 Å². The Kier molecular flexibility index (Phi) is 6.35. The van der Waals surface area contributed by atoms with Gasteiger partial charge in [0, 0.05) is 17.5 Å². The zero-order valence-corrected chi connectivity index (χ0v) is 21.1. The molecule has 188 valence electrons. The Morgan fingerprint density at radius 2 is 1.91 bits per heavy atom. The first-order valence-corrected chi connectivity index (χ1v) is 13.0. The van der Waals surface area contributed by atoms with Crippen molar-refractivity contribution in [3.63, 3.8) is 0 Å². The molecule has 35 heavy (non-hydrogen) atoms. The molecule has 2 saturated carbocycles. The Hall–Kier alpha value is -2.15. The van der Waals surface area contributed by atoms with E-state index in [-0.39, 0.29) is 17.4 Å². The third kappa shape index (κ3) is 3.94. The van der Waals surface area contributed by atoms with Crippen LogP contribution in [0.15, 0.2) is 48.4 Å². The number of hydrogen-bond donors (Lipinski definition) is 3. The maximum atomic E-state index is 16.7.